The summed E-state index contributed by atoms with van der Waals surface area (Å²) in [5.41, 5.74) is 0.293. The Kier molecular flexibility index (Phi) is 3.36. The average molecular weight is 221 g/mol. The smallest absolute Gasteiger partial charge is 0.253 e. The fourth-order valence-electron chi connectivity index (χ4n) is 1.80. The Morgan fingerprint density at radius 3 is 2.94 bits per heavy atom. The SMILES string of the molecule is O=C(N[C@H]1CCCNC1)c1ccc(=O)[nH]c1. The van der Waals surface area contributed by atoms with Crippen molar-refractivity contribution in [3.8, 4) is 0 Å². The van der Waals surface area contributed by atoms with Gasteiger partial charge in [-0.1, -0.05) is 0 Å². The summed E-state index contributed by atoms with van der Waals surface area (Å²) in [5, 5.41) is 6.16. The van der Waals surface area contributed by atoms with Gasteiger partial charge >= 0.3 is 0 Å². The van der Waals surface area contributed by atoms with E-state index in [1.165, 1.54) is 18.3 Å². The van der Waals surface area contributed by atoms with Crippen molar-refractivity contribution >= 4 is 5.91 Å². The average Bonchev–Trinajstić information content (AvgIpc) is 2.31. The van der Waals surface area contributed by atoms with Crippen LogP contribution in [0.3, 0.4) is 0 Å². The summed E-state index contributed by atoms with van der Waals surface area (Å²) < 4.78 is 0. The molecule has 16 heavy (non-hydrogen) atoms. The maximum absolute atomic E-state index is 11.8. The number of aromatic amines is 1. The molecule has 1 atom stereocenters. The molecule has 2 rings (SSSR count). The van der Waals surface area contributed by atoms with E-state index in [0.29, 0.717) is 5.56 Å². The van der Waals surface area contributed by atoms with Crippen LogP contribution < -0.4 is 16.2 Å². The monoisotopic (exact) mass is 221 g/mol. The minimum Gasteiger partial charge on any atom is -0.348 e. The van der Waals surface area contributed by atoms with Crippen LogP contribution >= 0.6 is 0 Å². The number of H-pyrrole nitrogens is 1. The molecule has 1 aromatic rings. The zero-order chi connectivity index (χ0) is 11.4. The number of amides is 1. The molecule has 0 bridgehead atoms. The van der Waals surface area contributed by atoms with Crippen molar-refractivity contribution in [1.29, 1.82) is 0 Å². The zero-order valence-electron chi connectivity index (χ0n) is 8.95. The minimum absolute atomic E-state index is 0.134. The van der Waals surface area contributed by atoms with Gasteiger partial charge in [0.25, 0.3) is 5.91 Å². The van der Waals surface area contributed by atoms with E-state index in [-0.39, 0.29) is 17.5 Å². The van der Waals surface area contributed by atoms with E-state index in [9.17, 15) is 9.59 Å². The molecule has 0 unspecified atom stereocenters. The van der Waals surface area contributed by atoms with Crippen molar-refractivity contribution in [2.75, 3.05) is 13.1 Å². The molecule has 1 aliphatic heterocycles. The molecule has 0 aliphatic carbocycles. The summed E-state index contributed by atoms with van der Waals surface area (Å²) >= 11 is 0. The van der Waals surface area contributed by atoms with Gasteiger partial charge in [0.15, 0.2) is 0 Å². The number of carbonyl (C=O) groups is 1. The largest absolute Gasteiger partial charge is 0.348 e. The van der Waals surface area contributed by atoms with Gasteiger partial charge in [-0.15, -0.1) is 0 Å². The number of aromatic nitrogens is 1. The summed E-state index contributed by atoms with van der Waals surface area (Å²) in [5.74, 6) is -0.134. The number of nitrogens with one attached hydrogen (secondary N) is 3. The lowest BCUT2D eigenvalue weighted by Gasteiger charge is -2.23. The predicted molar refractivity (Wildman–Crippen MR) is 60.4 cm³/mol. The van der Waals surface area contributed by atoms with Crippen LogP contribution in [-0.4, -0.2) is 30.0 Å². The number of hydrogen-bond acceptors (Lipinski definition) is 3. The molecule has 0 spiro atoms. The fourth-order valence-corrected chi connectivity index (χ4v) is 1.80. The normalized spacial score (nSPS) is 20.4. The molecule has 0 saturated carbocycles. The van der Waals surface area contributed by atoms with E-state index in [0.717, 1.165) is 25.9 Å². The molecule has 1 fully saturated rings. The highest BCUT2D eigenvalue weighted by atomic mass is 16.2. The van der Waals surface area contributed by atoms with E-state index in [1.807, 2.05) is 0 Å². The van der Waals surface area contributed by atoms with Crippen molar-refractivity contribution in [2.24, 2.45) is 0 Å². The van der Waals surface area contributed by atoms with Gasteiger partial charge in [0.05, 0.1) is 5.56 Å². The molecular weight excluding hydrogens is 206 g/mol. The van der Waals surface area contributed by atoms with Crippen LogP contribution in [0.2, 0.25) is 0 Å². The molecule has 1 aliphatic rings. The second kappa shape index (κ2) is 4.94. The summed E-state index contributed by atoms with van der Waals surface area (Å²) in [6.07, 6.45) is 3.52. The standard InChI is InChI=1S/C11H15N3O2/c15-10-4-3-8(6-13-10)11(16)14-9-2-1-5-12-7-9/h3-4,6,9,12H,1-2,5,7H2,(H,13,15)(H,14,16)/t9-/m0/s1. The second-order valence-corrected chi connectivity index (χ2v) is 3.96. The van der Waals surface area contributed by atoms with Gasteiger partial charge in [0.1, 0.15) is 0 Å². The van der Waals surface area contributed by atoms with Gasteiger partial charge in [-0.25, -0.2) is 0 Å². The van der Waals surface area contributed by atoms with Crippen molar-refractivity contribution in [2.45, 2.75) is 18.9 Å². The molecule has 0 aromatic carbocycles. The summed E-state index contributed by atoms with van der Waals surface area (Å²) in [6, 6.07) is 3.08. The van der Waals surface area contributed by atoms with E-state index in [4.69, 9.17) is 0 Å². The number of hydrogen-bond donors (Lipinski definition) is 3. The van der Waals surface area contributed by atoms with Crippen LogP contribution in [0.25, 0.3) is 0 Å². The Balaban J connectivity index is 1.96. The van der Waals surface area contributed by atoms with Crippen molar-refractivity contribution in [3.63, 3.8) is 0 Å². The molecule has 5 nitrogen and oxygen atoms in total. The zero-order valence-corrected chi connectivity index (χ0v) is 8.95. The molecule has 86 valence electrons. The van der Waals surface area contributed by atoms with Crippen LogP contribution in [0.4, 0.5) is 0 Å². The van der Waals surface area contributed by atoms with Gasteiger partial charge in [0.2, 0.25) is 5.56 Å². The third kappa shape index (κ3) is 2.70. The first-order valence-corrected chi connectivity index (χ1v) is 5.46. The molecule has 5 heteroatoms. The quantitative estimate of drug-likeness (QED) is 0.650. The van der Waals surface area contributed by atoms with E-state index in [1.54, 1.807) is 0 Å². The Labute approximate surface area is 93.3 Å². The molecule has 0 radical (unpaired) electrons. The van der Waals surface area contributed by atoms with E-state index >= 15 is 0 Å². The number of rotatable bonds is 2. The van der Waals surface area contributed by atoms with Crippen molar-refractivity contribution in [1.82, 2.24) is 15.6 Å². The van der Waals surface area contributed by atoms with Gasteiger partial charge < -0.3 is 15.6 Å². The van der Waals surface area contributed by atoms with Crippen LogP contribution in [0.1, 0.15) is 23.2 Å². The van der Waals surface area contributed by atoms with Crippen molar-refractivity contribution < 1.29 is 4.79 Å². The molecule has 2 heterocycles. The summed E-state index contributed by atoms with van der Waals surface area (Å²) in [7, 11) is 0. The highest BCUT2D eigenvalue weighted by molar-refractivity contribution is 5.94. The highest BCUT2D eigenvalue weighted by Crippen LogP contribution is 2.02. The fraction of sp³-hybridized carbons (Fsp3) is 0.455. The van der Waals surface area contributed by atoms with Crippen molar-refractivity contribution in [3.05, 3.63) is 34.2 Å². The van der Waals surface area contributed by atoms with E-state index in [2.05, 4.69) is 15.6 Å². The molecule has 1 saturated heterocycles. The van der Waals surface area contributed by atoms with Crippen LogP contribution in [0.15, 0.2) is 23.1 Å². The third-order valence-corrected chi connectivity index (χ3v) is 2.68. The predicted octanol–water partition coefficient (Wildman–Crippen LogP) is -0.143. The first-order valence-electron chi connectivity index (χ1n) is 5.46. The Bertz CT molecular complexity index is 401. The van der Waals surface area contributed by atoms with Gasteiger partial charge in [-0.05, 0) is 25.5 Å². The highest BCUT2D eigenvalue weighted by Gasteiger charge is 2.15. The van der Waals surface area contributed by atoms with Gasteiger partial charge in [0, 0.05) is 24.8 Å². The van der Waals surface area contributed by atoms with Gasteiger partial charge in [-0.3, -0.25) is 9.59 Å². The Morgan fingerprint density at radius 2 is 2.31 bits per heavy atom. The lowest BCUT2D eigenvalue weighted by molar-refractivity contribution is 0.0930. The third-order valence-electron chi connectivity index (χ3n) is 2.68. The van der Waals surface area contributed by atoms with Crippen LogP contribution in [-0.2, 0) is 0 Å². The molecule has 1 aromatic heterocycles. The maximum atomic E-state index is 11.8. The van der Waals surface area contributed by atoms with Crippen LogP contribution in [0.5, 0.6) is 0 Å². The topological polar surface area (TPSA) is 74.0 Å². The van der Waals surface area contributed by atoms with E-state index < -0.39 is 0 Å². The first-order chi connectivity index (χ1) is 7.75. The minimum atomic E-state index is -0.198. The van der Waals surface area contributed by atoms with Gasteiger partial charge in [-0.2, -0.15) is 0 Å². The Hall–Kier alpha value is -1.62. The molecular formula is C11H15N3O2. The Morgan fingerprint density at radius 1 is 1.44 bits per heavy atom. The lowest BCUT2D eigenvalue weighted by Crippen LogP contribution is -2.45. The number of piperidine rings is 1. The van der Waals surface area contributed by atoms with Crippen LogP contribution in [0, 0.1) is 0 Å². The maximum Gasteiger partial charge on any atom is 0.253 e. The summed E-state index contributed by atoms with van der Waals surface area (Å²) in [6.45, 7) is 1.83. The first kappa shape index (κ1) is 10.9. The molecule has 1 amide bonds. The lowest BCUT2D eigenvalue weighted by atomic mass is 10.1. The molecule has 3 N–H and O–H groups in total. The number of pyridine rings is 1. The number of carbonyl (C=O) groups excluding carboxylic acids is 1. The summed E-state index contributed by atoms with van der Waals surface area (Å²) in [4.78, 5) is 25.1. The second-order valence-electron chi connectivity index (χ2n) is 3.96.